The van der Waals surface area contributed by atoms with E-state index in [0.29, 0.717) is 0 Å². The summed E-state index contributed by atoms with van der Waals surface area (Å²) < 4.78 is 7.28. The number of methoxy groups -OCH3 is 1. The van der Waals surface area contributed by atoms with Gasteiger partial charge in [0, 0.05) is 22.8 Å². The number of thiophene rings is 1. The molecule has 29 heavy (non-hydrogen) atoms. The van der Waals surface area contributed by atoms with Crippen LogP contribution >= 0.6 is 11.3 Å². The van der Waals surface area contributed by atoms with Crippen LogP contribution in [0.2, 0.25) is 0 Å². The summed E-state index contributed by atoms with van der Waals surface area (Å²) in [5, 5.41) is 1.27. The summed E-state index contributed by atoms with van der Waals surface area (Å²) in [6.07, 6.45) is 4.68. The van der Waals surface area contributed by atoms with Gasteiger partial charge in [0.05, 0.1) is 12.8 Å². The Morgan fingerprint density at radius 3 is 2.38 bits per heavy atom. The maximum Gasteiger partial charge on any atom is 0.229 e. The third kappa shape index (κ3) is 2.90. The van der Waals surface area contributed by atoms with Crippen LogP contribution in [0, 0.1) is 0 Å². The zero-order valence-corrected chi connectivity index (χ0v) is 17.5. The Morgan fingerprint density at radius 1 is 0.966 bits per heavy atom. The molecule has 0 amide bonds. The first-order valence-corrected chi connectivity index (χ1v) is 10.9. The van der Waals surface area contributed by atoms with Gasteiger partial charge in [0.2, 0.25) is 5.91 Å². The van der Waals surface area contributed by atoms with Crippen LogP contribution in [0.3, 0.4) is 0 Å². The molecule has 2 heterocycles. The maximum atomic E-state index is 12.9. The van der Waals surface area contributed by atoms with Crippen molar-refractivity contribution in [2.75, 3.05) is 7.11 Å². The van der Waals surface area contributed by atoms with Crippen molar-refractivity contribution in [3.8, 4) is 28.1 Å². The Hall–Kier alpha value is -2.85. The molecule has 0 saturated heterocycles. The van der Waals surface area contributed by atoms with Crippen molar-refractivity contribution in [3.63, 3.8) is 0 Å². The highest BCUT2D eigenvalue weighted by Gasteiger charge is 2.28. The molecule has 2 aromatic carbocycles. The molecule has 5 rings (SSSR count). The number of rotatable bonds is 3. The molecule has 1 aliphatic rings. The van der Waals surface area contributed by atoms with Gasteiger partial charge in [0.1, 0.15) is 10.6 Å². The molecule has 3 nitrogen and oxygen atoms in total. The van der Waals surface area contributed by atoms with Crippen molar-refractivity contribution in [2.45, 2.75) is 32.6 Å². The normalized spacial score (nSPS) is 13.4. The summed E-state index contributed by atoms with van der Waals surface area (Å²) in [4.78, 5) is 15.4. The number of carbonyl (C=O) groups is 1. The first kappa shape index (κ1) is 18.2. The van der Waals surface area contributed by atoms with Crippen LogP contribution < -0.4 is 4.74 Å². The lowest BCUT2D eigenvalue weighted by atomic mass is 9.92. The van der Waals surface area contributed by atoms with E-state index in [-0.39, 0.29) is 5.91 Å². The van der Waals surface area contributed by atoms with Crippen molar-refractivity contribution in [3.05, 3.63) is 65.0 Å². The van der Waals surface area contributed by atoms with E-state index in [0.717, 1.165) is 40.2 Å². The molecule has 0 fully saturated rings. The lowest BCUT2D eigenvalue weighted by molar-refractivity contribution is 0.0944. The molecule has 0 atom stereocenters. The number of nitrogens with zero attached hydrogens (tertiary/aromatic N) is 1. The van der Waals surface area contributed by atoms with Gasteiger partial charge in [0.25, 0.3) is 0 Å². The number of fused-ring (bicyclic) bond motifs is 3. The van der Waals surface area contributed by atoms with Gasteiger partial charge in [0.15, 0.2) is 0 Å². The van der Waals surface area contributed by atoms with E-state index >= 15 is 0 Å². The molecular weight excluding hydrogens is 378 g/mol. The molecule has 2 aromatic heterocycles. The van der Waals surface area contributed by atoms with Gasteiger partial charge in [-0.2, -0.15) is 0 Å². The average Bonchev–Trinajstić information content (AvgIpc) is 3.28. The minimum Gasteiger partial charge on any atom is -0.497 e. The molecular formula is C25H23NO2S. The third-order valence-electron chi connectivity index (χ3n) is 5.81. The van der Waals surface area contributed by atoms with Crippen LogP contribution in [0.4, 0.5) is 0 Å². The van der Waals surface area contributed by atoms with E-state index in [4.69, 9.17) is 4.74 Å². The van der Waals surface area contributed by atoms with E-state index in [1.54, 1.807) is 25.4 Å². The van der Waals surface area contributed by atoms with Gasteiger partial charge in [-0.3, -0.25) is 9.36 Å². The van der Waals surface area contributed by atoms with Gasteiger partial charge in [-0.1, -0.05) is 30.3 Å². The summed E-state index contributed by atoms with van der Waals surface area (Å²) in [5.41, 5.74) is 5.81. The number of hydrogen-bond donors (Lipinski definition) is 0. The Labute approximate surface area is 174 Å². The van der Waals surface area contributed by atoms with Gasteiger partial charge in [-0.05, 0) is 66.6 Å². The number of hydrogen-bond acceptors (Lipinski definition) is 3. The molecule has 0 N–H and O–H groups in total. The third-order valence-corrected chi connectivity index (χ3v) is 7.08. The van der Waals surface area contributed by atoms with Crippen molar-refractivity contribution in [2.24, 2.45) is 0 Å². The second-order valence-electron chi connectivity index (χ2n) is 7.56. The summed E-state index contributed by atoms with van der Waals surface area (Å²) in [7, 11) is 1.67. The fraction of sp³-hybridized carbons (Fsp3) is 0.240. The molecule has 0 unspecified atom stereocenters. The Kier molecular flexibility index (Phi) is 4.51. The zero-order valence-electron chi connectivity index (χ0n) is 16.7. The van der Waals surface area contributed by atoms with Gasteiger partial charge >= 0.3 is 0 Å². The lowest BCUT2D eigenvalue weighted by Crippen LogP contribution is -2.06. The Bertz CT molecular complexity index is 1200. The predicted octanol–water partition coefficient (Wildman–Crippen LogP) is 6.58. The lowest BCUT2D eigenvalue weighted by Gasteiger charge is -2.14. The van der Waals surface area contributed by atoms with Crippen LogP contribution in [0.15, 0.2) is 54.6 Å². The minimum atomic E-state index is 0.0570. The maximum absolute atomic E-state index is 12.9. The smallest absolute Gasteiger partial charge is 0.229 e. The quantitative estimate of drug-likeness (QED) is 0.388. The fourth-order valence-electron chi connectivity index (χ4n) is 4.51. The highest BCUT2D eigenvalue weighted by molar-refractivity contribution is 7.19. The number of benzene rings is 2. The van der Waals surface area contributed by atoms with Crippen LogP contribution in [-0.2, 0) is 12.8 Å². The van der Waals surface area contributed by atoms with Crippen molar-refractivity contribution >= 4 is 27.5 Å². The van der Waals surface area contributed by atoms with Crippen molar-refractivity contribution in [1.29, 1.82) is 0 Å². The zero-order chi connectivity index (χ0) is 20.0. The Balaban J connectivity index is 1.90. The van der Waals surface area contributed by atoms with Crippen LogP contribution in [0.1, 0.15) is 35.0 Å². The van der Waals surface area contributed by atoms with Crippen molar-refractivity contribution < 1.29 is 9.53 Å². The number of aryl methyl sites for hydroxylation is 2. The molecule has 1 aliphatic carbocycles. The number of carbonyl (C=O) groups excluding carboxylic acids is 1. The number of aromatic nitrogens is 1. The molecule has 0 bridgehead atoms. The largest absolute Gasteiger partial charge is 0.497 e. The van der Waals surface area contributed by atoms with Crippen molar-refractivity contribution in [1.82, 2.24) is 4.57 Å². The van der Waals surface area contributed by atoms with Crippen LogP contribution in [-0.4, -0.2) is 17.6 Å². The Morgan fingerprint density at radius 2 is 1.69 bits per heavy atom. The first-order chi connectivity index (χ1) is 14.2. The van der Waals surface area contributed by atoms with Gasteiger partial charge in [-0.15, -0.1) is 11.3 Å². The topological polar surface area (TPSA) is 31.2 Å². The molecule has 0 spiro atoms. The molecule has 0 radical (unpaired) electrons. The summed E-state index contributed by atoms with van der Waals surface area (Å²) in [6, 6.07) is 18.5. The average molecular weight is 402 g/mol. The molecule has 4 heteroatoms. The SMILES string of the molecule is COc1ccc(-c2c(-c3ccccc3)c3c4c(sc3n2C(C)=O)CCCC4)cc1. The fourth-order valence-corrected chi connectivity index (χ4v) is 5.95. The minimum absolute atomic E-state index is 0.0570. The van der Waals surface area contributed by atoms with Crippen LogP contribution in [0.25, 0.3) is 32.6 Å². The molecule has 4 aromatic rings. The van der Waals surface area contributed by atoms with E-state index in [1.165, 1.54) is 34.2 Å². The predicted molar refractivity (Wildman–Crippen MR) is 120 cm³/mol. The monoisotopic (exact) mass is 401 g/mol. The van der Waals surface area contributed by atoms with E-state index in [9.17, 15) is 4.79 Å². The standard InChI is InChI=1S/C25H23NO2S/c1-16(27)26-24(18-12-14-19(28-2)15-13-18)22(17-8-4-3-5-9-17)23-20-10-6-7-11-21(20)29-25(23)26/h3-5,8-9,12-15H,6-7,10-11H2,1-2H3. The second-order valence-corrected chi connectivity index (χ2v) is 8.65. The second kappa shape index (κ2) is 7.20. The van der Waals surface area contributed by atoms with E-state index < -0.39 is 0 Å². The van der Waals surface area contributed by atoms with Gasteiger partial charge < -0.3 is 4.74 Å². The van der Waals surface area contributed by atoms with Gasteiger partial charge in [-0.25, -0.2) is 0 Å². The first-order valence-electron chi connectivity index (χ1n) is 10.1. The summed E-state index contributed by atoms with van der Waals surface area (Å²) in [5.74, 6) is 0.872. The van der Waals surface area contributed by atoms with E-state index in [1.807, 2.05) is 22.8 Å². The highest BCUT2D eigenvalue weighted by Crippen LogP contribution is 2.48. The molecule has 146 valence electrons. The summed E-state index contributed by atoms with van der Waals surface area (Å²) in [6.45, 7) is 1.67. The van der Waals surface area contributed by atoms with Crippen LogP contribution in [0.5, 0.6) is 5.75 Å². The number of ether oxygens (including phenoxy) is 1. The summed E-state index contributed by atoms with van der Waals surface area (Å²) >= 11 is 1.80. The molecule has 0 saturated carbocycles. The van der Waals surface area contributed by atoms with E-state index in [2.05, 4.69) is 36.4 Å². The highest BCUT2D eigenvalue weighted by atomic mass is 32.1. The molecule has 0 aliphatic heterocycles.